The number of fused-ring (bicyclic) bond motifs is 1. The molecule has 144 valence electrons. The lowest BCUT2D eigenvalue weighted by Crippen LogP contribution is -2.12. The summed E-state index contributed by atoms with van der Waals surface area (Å²) >= 11 is 0. The normalized spacial score (nSPS) is 19.4. The zero-order chi connectivity index (χ0) is 19.6. The second-order valence-electron chi connectivity index (χ2n) is 6.11. The number of benzene rings is 1. The first-order valence-electron chi connectivity index (χ1n) is 8.69. The second-order valence-corrected chi connectivity index (χ2v) is 6.11. The third-order valence-electron chi connectivity index (χ3n) is 3.70. The van der Waals surface area contributed by atoms with E-state index in [1.54, 1.807) is 6.08 Å². The van der Waals surface area contributed by atoms with Gasteiger partial charge in [-0.3, -0.25) is 4.79 Å². The van der Waals surface area contributed by atoms with Gasteiger partial charge in [0.2, 0.25) is 0 Å². The summed E-state index contributed by atoms with van der Waals surface area (Å²) < 4.78 is 5.22. The number of oxime groups is 1. The van der Waals surface area contributed by atoms with Crippen molar-refractivity contribution >= 4 is 17.5 Å². The number of hydrogen-bond acceptors (Lipinski definition) is 7. The van der Waals surface area contributed by atoms with E-state index in [0.717, 1.165) is 18.9 Å². The van der Waals surface area contributed by atoms with Crippen LogP contribution in [0.4, 0.5) is 0 Å². The molecule has 1 aliphatic rings. The Morgan fingerprint density at radius 1 is 1.19 bits per heavy atom. The second kappa shape index (κ2) is 10.2. The molecule has 0 aromatic heterocycles. The highest BCUT2D eigenvalue weighted by Gasteiger charge is 2.20. The number of carbonyl (C=O) groups excluding carboxylic acids is 2. The summed E-state index contributed by atoms with van der Waals surface area (Å²) in [6, 6.07) is 2.46. The van der Waals surface area contributed by atoms with Gasteiger partial charge in [-0.15, -0.1) is 0 Å². The van der Waals surface area contributed by atoms with Crippen molar-refractivity contribution in [2.75, 3.05) is 13.2 Å². The monoisotopic (exact) mass is 373 g/mol. The summed E-state index contributed by atoms with van der Waals surface area (Å²) in [4.78, 5) is 28.5. The first kappa shape index (κ1) is 20.2. The van der Waals surface area contributed by atoms with Crippen LogP contribution >= 0.6 is 0 Å². The van der Waals surface area contributed by atoms with Crippen molar-refractivity contribution in [2.45, 2.75) is 32.6 Å². The molecule has 7 nitrogen and oxygen atoms in total. The lowest BCUT2D eigenvalue weighted by atomic mass is 10.00. The Labute approximate surface area is 157 Å². The number of aromatic hydroxyl groups is 2. The largest absolute Gasteiger partial charge is 0.508 e. The number of nitrogens with zero attached hydrogens (tertiary/aromatic N) is 1. The molecule has 2 N–H and O–H groups in total. The molecule has 0 unspecified atom stereocenters. The minimum atomic E-state index is -0.680. The molecule has 1 aromatic rings. The molecule has 0 fully saturated rings. The SMILES string of the molecule is CC(=O)CO/N=C1\C=C\CC/C=C/CCOC(=O)c2c(O)cc(O)cc2C1. The van der Waals surface area contributed by atoms with Gasteiger partial charge in [0.15, 0.2) is 12.4 Å². The molecule has 2 rings (SSSR count). The Balaban J connectivity index is 2.39. The van der Waals surface area contributed by atoms with Gasteiger partial charge in [-0.1, -0.05) is 23.4 Å². The average molecular weight is 373 g/mol. The molecule has 0 atom stereocenters. The fourth-order valence-corrected chi connectivity index (χ4v) is 2.51. The molecule has 1 aliphatic heterocycles. The highest BCUT2D eigenvalue weighted by atomic mass is 16.6. The smallest absolute Gasteiger partial charge is 0.342 e. The quantitative estimate of drug-likeness (QED) is 0.479. The molecule has 1 heterocycles. The Kier molecular flexibility index (Phi) is 7.61. The van der Waals surface area contributed by atoms with Gasteiger partial charge in [0.1, 0.15) is 17.1 Å². The van der Waals surface area contributed by atoms with E-state index in [1.807, 2.05) is 18.2 Å². The van der Waals surface area contributed by atoms with Crippen molar-refractivity contribution in [2.24, 2.45) is 5.16 Å². The van der Waals surface area contributed by atoms with Crippen molar-refractivity contribution < 1.29 is 29.4 Å². The van der Waals surface area contributed by atoms with Gasteiger partial charge in [0.05, 0.1) is 12.3 Å². The van der Waals surface area contributed by atoms with E-state index in [4.69, 9.17) is 9.57 Å². The van der Waals surface area contributed by atoms with Crippen LogP contribution in [0.25, 0.3) is 0 Å². The molecule has 0 radical (unpaired) electrons. The molecular formula is C20H23NO6. The molecule has 0 amide bonds. The topological polar surface area (TPSA) is 105 Å². The van der Waals surface area contributed by atoms with Gasteiger partial charge in [-0.2, -0.15) is 0 Å². The molecule has 0 aliphatic carbocycles. The lowest BCUT2D eigenvalue weighted by molar-refractivity contribution is -0.121. The van der Waals surface area contributed by atoms with Crippen molar-refractivity contribution in [3.8, 4) is 11.5 Å². The number of phenols is 2. The number of ether oxygens (including phenoxy) is 1. The Hall–Kier alpha value is -3.09. The summed E-state index contributed by atoms with van der Waals surface area (Å²) in [6.45, 7) is 1.41. The molecule has 1 aromatic carbocycles. The van der Waals surface area contributed by atoms with Crippen LogP contribution < -0.4 is 0 Å². The minimum Gasteiger partial charge on any atom is -0.508 e. The summed E-state index contributed by atoms with van der Waals surface area (Å²) in [6.07, 6.45) is 9.85. The summed E-state index contributed by atoms with van der Waals surface area (Å²) in [5.74, 6) is -1.41. The van der Waals surface area contributed by atoms with Gasteiger partial charge in [-0.25, -0.2) is 4.79 Å². The zero-order valence-electron chi connectivity index (χ0n) is 15.2. The van der Waals surface area contributed by atoms with Gasteiger partial charge in [0.25, 0.3) is 0 Å². The lowest BCUT2D eigenvalue weighted by Gasteiger charge is -2.12. The number of phenolic OH excluding ortho intramolecular Hbond substituents is 2. The number of allylic oxidation sites excluding steroid dienone is 3. The number of rotatable bonds is 3. The van der Waals surface area contributed by atoms with Gasteiger partial charge in [0, 0.05) is 12.5 Å². The number of hydrogen-bond donors (Lipinski definition) is 2. The van der Waals surface area contributed by atoms with Crippen molar-refractivity contribution in [1.82, 2.24) is 0 Å². The molecular weight excluding hydrogens is 350 g/mol. The number of ketones is 1. The van der Waals surface area contributed by atoms with E-state index in [2.05, 4.69) is 5.16 Å². The van der Waals surface area contributed by atoms with E-state index in [0.29, 0.717) is 17.7 Å². The van der Waals surface area contributed by atoms with E-state index >= 15 is 0 Å². The fourth-order valence-electron chi connectivity index (χ4n) is 2.51. The highest BCUT2D eigenvalue weighted by molar-refractivity contribution is 6.00. The van der Waals surface area contributed by atoms with Crippen LogP contribution in [-0.4, -0.2) is 40.9 Å². The molecule has 0 bridgehead atoms. The highest BCUT2D eigenvalue weighted by Crippen LogP contribution is 2.29. The predicted molar refractivity (Wildman–Crippen MR) is 100.0 cm³/mol. The van der Waals surface area contributed by atoms with Crippen LogP contribution in [0, 0.1) is 0 Å². The summed E-state index contributed by atoms with van der Waals surface area (Å²) in [5.41, 5.74) is 0.762. The van der Waals surface area contributed by atoms with Gasteiger partial charge in [-0.05, 0) is 43.9 Å². The standard InChI is InChI=1S/C20H23NO6/c1-14(22)13-27-21-16-8-6-4-2-3-5-7-9-26-20(25)19-15(10-16)11-17(23)12-18(19)24/h3,5-6,8,11-12,23-24H,2,4,7,9-10,13H2,1H3/b5-3+,8-6+,21-16+. The van der Waals surface area contributed by atoms with E-state index in [1.165, 1.54) is 13.0 Å². The average Bonchev–Trinajstić information content (AvgIpc) is 2.58. The molecule has 0 spiro atoms. The zero-order valence-corrected chi connectivity index (χ0v) is 15.2. The van der Waals surface area contributed by atoms with Crippen molar-refractivity contribution in [3.05, 3.63) is 47.6 Å². The first-order valence-corrected chi connectivity index (χ1v) is 8.69. The molecule has 0 saturated carbocycles. The van der Waals surface area contributed by atoms with Gasteiger partial charge >= 0.3 is 5.97 Å². The van der Waals surface area contributed by atoms with Crippen LogP contribution in [0.2, 0.25) is 0 Å². The van der Waals surface area contributed by atoms with Crippen molar-refractivity contribution in [1.29, 1.82) is 0 Å². The van der Waals surface area contributed by atoms with Crippen LogP contribution in [0.15, 0.2) is 41.6 Å². The Morgan fingerprint density at radius 2 is 1.93 bits per heavy atom. The predicted octanol–water partition coefficient (Wildman–Crippen LogP) is 3.06. The van der Waals surface area contributed by atoms with E-state index in [9.17, 15) is 19.8 Å². The maximum atomic E-state index is 12.4. The van der Waals surface area contributed by atoms with Crippen LogP contribution in [0.3, 0.4) is 0 Å². The van der Waals surface area contributed by atoms with Gasteiger partial charge < -0.3 is 19.8 Å². The maximum absolute atomic E-state index is 12.4. The number of Topliss-reactive ketones (excluding diaryl/α,β-unsaturated/α-hetero) is 1. The van der Waals surface area contributed by atoms with Crippen LogP contribution in [0.5, 0.6) is 11.5 Å². The molecule has 7 heteroatoms. The molecule has 0 saturated heterocycles. The summed E-state index contributed by atoms with van der Waals surface area (Å²) in [5, 5.41) is 23.9. The van der Waals surface area contributed by atoms with E-state index in [-0.39, 0.29) is 42.5 Å². The Morgan fingerprint density at radius 3 is 2.70 bits per heavy atom. The number of esters is 1. The van der Waals surface area contributed by atoms with Crippen LogP contribution in [0.1, 0.15) is 42.1 Å². The van der Waals surface area contributed by atoms with Crippen molar-refractivity contribution in [3.63, 3.8) is 0 Å². The maximum Gasteiger partial charge on any atom is 0.342 e. The molecule has 27 heavy (non-hydrogen) atoms. The number of cyclic esters (lactones) is 1. The van der Waals surface area contributed by atoms with Crippen LogP contribution in [-0.2, 0) is 20.8 Å². The number of carbonyl (C=O) groups is 2. The summed E-state index contributed by atoms with van der Waals surface area (Å²) in [7, 11) is 0. The van der Waals surface area contributed by atoms with E-state index < -0.39 is 5.97 Å². The Bertz CT molecular complexity index is 779. The fraction of sp³-hybridized carbons (Fsp3) is 0.350. The third-order valence-corrected chi connectivity index (χ3v) is 3.70. The first-order chi connectivity index (χ1) is 13.0. The minimum absolute atomic E-state index is 0.0264. The third kappa shape index (κ3) is 6.62.